The van der Waals surface area contributed by atoms with Crippen molar-refractivity contribution in [3.8, 4) is 16.9 Å². The van der Waals surface area contributed by atoms with Crippen molar-refractivity contribution in [1.82, 2.24) is 10.0 Å². The monoisotopic (exact) mass is 398 g/mol. The second-order valence-corrected chi connectivity index (χ2v) is 8.73. The average molecular weight is 398 g/mol. The summed E-state index contributed by atoms with van der Waals surface area (Å²) in [6, 6.07) is 6.59. The van der Waals surface area contributed by atoms with Crippen molar-refractivity contribution in [2.24, 2.45) is 0 Å². The van der Waals surface area contributed by atoms with Crippen molar-refractivity contribution >= 4 is 15.7 Å². The van der Waals surface area contributed by atoms with Gasteiger partial charge in [0.05, 0.1) is 0 Å². The molecule has 0 spiro atoms. The molecule has 0 fully saturated rings. The molecule has 2 rings (SSSR count). The molecule has 0 bridgehead atoms. The number of phenols is 1. The van der Waals surface area contributed by atoms with Gasteiger partial charge in [0, 0.05) is 30.6 Å². The highest BCUT2D eigenvalue weighted by molar-refractivity contribution is 7.92. The number of aromatic nitrogens is 1. The lowest BCUT2D eigenvalue weighted by Crippen LogP contribution is -2.49. The maximum Gasteiger partial charge on any atom is 0.264 e. The first-order chi connectivity index (χ1) is 12.5. The summed E-state index contributed by atoms with van der Waals surface area (Å²) in [5.74, 6) is -2.51. The van der Waals surface area contributed by atoms with E-state index in [4.69, 9.17) is 5.21 Å². The molecule has 0 radical (unpaired) electrons. The summed E-state index contributed by atoms with van der Waals surface area (Å²) < 4.78 is 37.1. The highest BCUT2D eigenvalue weighted by atomic mass is 32.2. The molecule has 10 heteroatoms. The zero-order valence-corrected chi connectivity index (χ0v) is 15.5. The van der Waals surface area contributed by atoms with Crippen molar-refractivity contribution in [2.75, 3.05) is 6.26 Å². The van der Waals surface area contributed by atoms with Gasteiger partial charge in [0.15, 0.2) is 26.2 Å². The van der Waals surface area contributed by atoms with Crippen LogP contribution in [0.1, 0.15) is 13.3 Å². The number of sulfone groups is 1. The molecule has 1 aromatic heterocycles. The highest BCUT2D eigenvalue weighted by Gasteiger charge is 2.43. The summed E-state index contributed by atoms with van der Waals surface area (Å²) >= 11 is 0. The molecule has 2 aromatic rings. The number of halogens is 1. The van der Waals surface area contributed by atoms with Crippen LogP contribution in [0, 0.1) is 5.82 Å². The Morgan fingerprint density at radius 3 is 2.56 bits per heavy atom. The summed E-state index contributed by atoms with van der Waals surface area (Å²) in [5.41, 5.74) is 1.07. The van der Waals surface area contributed by atoms with Crippen LogP contribution < -0.4 is 11.0 Å². The summed E-state index contributed by atoms with van der Waals surface area (Å²) in [7, 11) is -3.89. The SMILES string of the molecule is CC(CCn1ccc(-c2cccc(O)c2F)cc1=O)(C(=O)NO)S(C)(=O)=O. The van der Waals surface area contributed by atoms with Gasteiger partial charge in [0.1, 0.15) is 0 Å². The Morgan fingerprint density at radius 1 is 1.33 bits per heavy atom. The molecular weight excluding hydrogens is 379 g/mol. The lowest BCUT2D eigenvalue weighted by atomic mass is 10.1. The molecule has 146 valence electrons. The van der Waals surface area contributed by atoms with Gasteiger partial charge in [0.2, 0.25) is 0 Å². The maximum atomic E-state index is 14.0. The van der Waals surface area contributed by atoms with Gasteiger partial charge >= 0.3 is 0 Å². The fraction of sp³-hybridized carbons (Fsp3) is 0.294. The third-order valence-electron chi connectivity index (χ3n) is 4.52. The smallest absolute Gasteiger partial charge is 0.264 e. The lowest BCUT2D eigenvalue weighted by Gasteiger charge is -2.25. The van der Waals surface area contributed by atoms with E-state index in [0.717, 1.165) is 23.8 Å². The van der Waals surface area contributed by atoms with E-state index in [1.165, 1.54) is 35.9 Å². The highest BCUT2D eigenvalue weighted by Crippen LogP contribution is 2.27. The van der Waals surface area contributed by atoms with Gasteiger partial charge in [-0.3, -0.25) is 14.8 Å². The van der Waals surface area contributed by atoms with E-state index in [2.05, 4.69) is 0 Å². The number of rotatable bonds is 6. The number of phenolic OH excluding ortho intramolecular Hbond substituents is 1. The molecule has 0 saturated carbocycles. The number of aryl methyl sites for hydroxylation is 1. The van der Waals surface area contributed by atoms with Gasteiger partial charge in [0.25, 0.3) is 11.5 Å². The topological polar surface area (TPSA) is 126 Å². The van der Waals surface area contributed by atoms with Gasteiger partial charge in [-0.2, -0.15) is 0 Å². The fourth-order valence-corrected chi connectivity index (χ4v) is 3.37. The van der Waals surface area contributed by atoms with Crippen LogP contribution in [-0.2, 0) is 21.2 Å². The zero-order chi connectivity index (χ0) is 20.4. The van der Waals surface area contributed by atoms with Crippen LogP contribution in [-0.4, -0.2) is 40.2 Å². The fourth-order valence-electron chi connectivity index (χ4n) is 2.52. The van der Waals surface area contributed by atoms with Gasteiger partial charge in [-0.15, -0.1) is 0 Å². The predicted molar refractivity (Wildman–Crippen MR) is 95.6 cm³/mol. The molecule has 3 N–H and O–H groups in total. The van der Waals surface area contributed by atoms with E-state index in [9.17, 15) is 27.5 Å². The van der Waals surface area contributed by atoms with Gasteiger partial charge in [-0.05, 0) is 31.0 Å². The maximum absolute atomic E-state index is 14.0. The van der Waals surface area contributed by atoms with Crippen LogP contribution in [0.2, 0.25) is 0 Å². The number of carbonyl (C=O) groups excluding carboxylic acids is 1. The second kappa shape index (κ2) is 7.49. The Kier molecular flexibility index (Phi) is 5.71. The molecule has 0 aliphatic rings. The number of hydrogen-bond acceptors (Lipinski definition) is 6. The number of hydroxylamine groups is 1. The third kappa shape index (κ3) is 4.01. The zero-order valence-electron chi connectivity index (χ0n) is 14.6. The number of nitrogens with zero attached hydrogens (tertiary/aromatic N) is 1. The molecule has 1 aromatic carbocycles. The molecule has 1 unspecified atom stereocenters. The number of benzene rings is 1. The summed E-state index contributed by atoms with van der Waals surface area (Å²) in [6.45, 7) is 1.02. The Bertz CT molecular complexity index is 1030. The van der Waals surface area contributed by atoms with E-state index in [1.807, 2.05) is 0 Å². The molecular formula is C17H19FN2O6S. The average Bonchev–Trinajstić information content (AvgIpc) is 2.61. The van der Waals surface area contributed by atoms with E-state index in [0.29, 0.717) is 0 Å². The summed E-state index contributed by atoms with van der Waals surface area (Å²) in [6.07, 6.45) is 1.93. The van der Waals surface area contributed by atoms with Crippen LogP contribution >= 0.6 is 0 Å². The first kappa shape index (κ1) is 20.6. The number of pyridine rings is 1. The van der Waals surface area contributed by atoms with Gasteiger partial charge in [-0.25, -0.2) is 18.3 Å². The van der Waals surface area contributed by atoms with Gasteiger partial charge < -0.3 is 9.67 Å². The Hall–Kier alpha value is -2.72. The van der Waals surface area contributed by atoms with Crippen LogP contribution in [0.15, 0.2) is 41.3 Å². The van der Waals surface area contributed by atoms with E-state index in [-0.39, 0.29) is 24.1 Å². The molecule has 8 nitrogen and oxygen atoms in total. The number of aromatic hydroxyl groups is 1. The van der Waals surface area contributed by atoms with Crippen molar-refractivity contribution in [1.29, 1.82) is 0 Å². The Labute approximate surface area is 154 Å². The minimum absolute atomic E-state index is 0.0416. The van der Waals surface area contributed by atoms with Crippen LogP contribution in [0.3, 0.4) is 0 Å². The molecule has 0 saturated heterocycles. The first-order valence-electron chi connectivity index (χ1n) is 7.84. The predicted octanol–water partition coefficient (Wildman–Crippen LogP) is 1.06. The van der Waals surface area contributed by atoms with Crippen molar-refractivity contribution in [2.45, 2.75) is 24.6 Å². The molecule has 1 atom stereocenters. The number of amides is 1. The van der Waals surface area contributed by atoms with Crippen LogP contribution in [0.25, 0.3) is 11.1 Å². The standard InChI is InChI=1S/C17H19FN2O6S/c1-17(16(23)19-24,27(2,25)26)7-9-20-8-6-11(10-14(20)22)12-4-3-5-13(21)15(12)18/h3-6,8,10,21,24H,7,9H2,1-2H3,(H,19,23). The lowest BCUT2D eigenvalue weighted by molar-refractivity contribution is -0.131. The Morgan fingerprint density at radius 2 is 2.00 bits per heavy atom. The van der Waals surface area contributed by atoms with Crippen LogP contribution in [0.4, 0.5) is 4.39 Å². The van der Waals surface area contributed by atoms with E-state index >= 15 is 0 Å². The van der Waals surface area contributed by atoms with Crippen molar-refractivity contribution in [3.05, 3.63) is 52.7 Å². The molecule has 0 aliphatic heterocycles. The largest absolute Gasteiger partial charge is 0.505 e. The quantitative estimate of drug-likeness (QED) is 0.493. The van der Waals surface area contributed by atoms with Crippen molar-refractivity contribution in [3.63, 3.8) is 0 Å². The molecule has 1 heterocycles. The Balaban J connectivity index is 2.33. The summed E-state index contributed by atoms with van der Waals surface area (Å²) in [5, 5.41) is 18.2. The van der Waals surface area contributed by atoms with E-state index in [1.54, 1.807) is 0 Å². The first-order valence-corrected chi connectivity index (χ1v) is 9.73. The molecule has 0 aliphatic carbocycles. The van der Waals surface area contributed by atoms with Gasteiger partial charge in [-0.1, -0.05) is 12.1 Å². The minimum Gasteiger partial charge on any atom is -0.505 e. The third-order valence-corrected chi connectivity index (χ3v) is 6.54. The number of hydrogen-bond donors (Lipinski definition) is 3. The minimum atomic E-state index is -3.89. The van der Waals surface area contributed by atoms with Crippen LogP contribution in [0.5, 0.6) is 5.75 Å². The molecule has 1 amide bonds. The normalized spacial score (nSPS) is 13.8. The van der Waals surface area contributed by atoms with E-state index < -0.39 is 37.6 Å². The number of carbonyl (C=O) groups is 1. The molecule has 27 heavy (non-hydrogen) atoms. The number of nitrogens with one attached hydrogen (secondary N) is 1. The summed E-state index contributed by atoms with van der Waals surface area (Å²) in [4.78, 5) is 24.1. The second-order valence-electron chi connectivity index (χ2n) is 6.28. The van der Waals surface area contributed by atoms with Crippen molar-refractivity contribution < 1.29 is 27.9 Å².